The highest BCUT2D eigenvalue weighted by molar-refractivity contribution is 6.05. The van der Waals surface area contributed by atoms with E-state index in [0.29, 0.717) is 18.8 Å². The van der Waals surface area contributed by atoms with Crippen LogP contribution in [0.4, 0.5) is 16.2 Å². The number of nitrogens with zero attached hydrogens (tertiary/aromatic N) is 2. The van der Waals surface area contributed by atoms with Crippen LogP contribution < -0.4 is 10.2 Å². The average molecular weight is 470 g/mol. The zero-order valence-electron chi connectivity index (χ0n) is 20.2. The maximum atomic E-state index is 12.6. The number of ether oxygens (including phenoxy) is 3. The van der Waals surface area contributed by atoms with Crippen LogP contribution in [0.15, 0.2) is 60.0 Å². The van der Waals surface area contributed by atoms with Gasteiger partial charge < -0.3 is 29.3 Å². The zero-order chi connectivity index (χ0) is 24.9. The first-order valence-corrected chi connectivity index (χ1v) is 11.0. The Morgan fingerprint density at radius 2 is 1.68 bits per heavy atom. The molecule has 1 aromatic rings. The zero-order valence-corrected chi connectivity index (χ0v) is 20.2. The van der Waals surface area contributed by atoms with E-state index in [4.69, 9.17) is 14.2 Å². The minimum atomic E-state index is -0.660. The fraction of sp³-hybridized carbons (Fsp3) is 0.400. The number of likely N-dealkylation sites (tertiary alicyclic amines) is 1. The van der Waals surface area contributed by atoms with Crippen LogP contribution in [0.5, 0.6) is 0 Å². The molecule has 0 aromatic heterocycles. The van der Waals surface area contributed by atoms with Crippen molar-refractivity contribution in [1.82, 2.24) is 4.90 Å². The summed E-state index contributed by atoms with van der Waals surface area (Å²) in [5.74, 6) is -1.30. The van der Waals surface area contributed by atoms with Gasteiger partial charge >= 0.3 is 18.0 Å². The van der Waals surface area contributed by atoms with Crippen molar-refractivity contribution in [2.24, 2.45) is 0 Å². The Kier molecular flexibility index (Phi) is 7.65. The van der Waals surface area contributed by atoms with E-state index in [1.165, 1.54) is 20.3 Å². The molecule has 0 saturated carbocycles. The second-order valence-corrected chi connectivity index (χ2v) is 8.92. The summed E-state index contributed by atoms with van der Waals surface area (Å²) in [4.78, 5) is 40.4. The van der Waals surface area contributed by atoms with E-state index in [0.717, 1.165) is 12.1 Å². The van der Waals surface area contributed by atoms with E-state index < -0.39 is 17.5 Å². The van der Waals surface area contributed by atoms with Gasteiger partial charge in [-0.05, 0) is 63.6 Å². The van der Waals surface area contributed by atoms with Crippen LogP contribution in [0.1, 0.15) is 27.2 Å². The highest BCUT2D eigenvalue weighted by Crippen LogP contribution is 2.28. The van der Waals surface area contributed by atoms with Gasteiger partial charge in [0.15, 0.2) is 0 Å². The van der Waals surface area contributed by atoms with Gasteiger partial charge in [0.1, 0.15) is 11.3 Å². The van der Waals surface area contributed by atoms with Crippen molar-refractivity contribution in [1.29, 1.82) is 0 Å². The van der Waals surface area contributed by atoms with Crippen LogP contribution in [0.25, 0.3) is 0 Å². The third-order valence-electron chi connectivity index (χ3n) is 5.25. The minimum absolute atomic E-state index is 0.0591. The number of carbonyl (C=O) groups excluding carboxylic acids is 3. The monoisotopic (exact) mass is 469 g/mol. The number of anilines is 2. The number of allylic oxidation sites excluding steroid dienone is 2. The number of amides is 1. The summed E-state index contributed by atoms with van der Waals surface area (Å²) in [6.07, 6.45) is 7.06. The first-order valence-electron chi connectivity index (χ1n) is 11.0. The number of carbonyl (C=O) groups is 3. The Balaban J connectivity index is 1.74. The molecule has 0 spiro atoms. The molecule has 9 nitrogen and oxygen atoms in total. The molecule has 182 valence electrons. The molecule has 34 heavy (non-hydrogen) atoms. The smallest absolute Gasteiger partial charge is 0.410 e. The number of benzene rings is 1. The molecule has 3 rings (SSSR count). The molecule has 1 aromatic carbocycles. The number of hydrogen-bond acceptors (Lipinski definition) is 8. The van der Waals surface area contributed by atoms with Gasteiger partial charge in [-0.15, -0.1) is 0 Å². The standard InChI is InChI=1S/C25H31N3O6/c1-25(2,3)34-24(31)27-15-13-18(16-27)26-17-9-11-19(12-10-17)28-14-7-6-8-20(22(29)32-4)21(28)23(30)33-5/h6-12,14,18,26H,13,15-16H2,1-5H3. The Morgan fingerprint density at radius 1 is 1.00 bits per heavy atom. The lowest BCUT2D eigenvalue weighted by atomic mass is 10.1. The predicted octanol–water partition coefficient (Wildman–Crippen LogP) is 3.60. The van der Waals surface area contributed by atoms with Gasteiger partial charge in [0, 0.05) is 36.7 Å². The fourth-order valence-electron chi connectivity index (χ4n) is 3.69. The SMILES string of the molecule is COC(=O)C1=C(C(=O)OC)N(c2ccc(NC3CCN(C(=O)OC(C)(C)C)C3)cc2)C=CC=C1. The van der Waals surface area contributed by atoms with Crippen LogP contribution in [0.3, 0.4) is 0 Å². The van der Waals surface area contributed by atoms with E-state index in [2.05, 4.69) is 5.32 Å². The van der Waals surface area contributed by atoms with Gasteiger partial charge in [0.05, 0.1) is 19.8 Å². The molecule has 0 bridgehead atoms. The maximum absolute atomic E-state index is 12.6. The summed E-state index contributed by atoms with van der Waals surface area (Å²) in [6, 6.07) is 7.51. The summed E-state index contributed by atoms with van der Waals surface area (Å²) in [6.45, 7) is 6.73. The number of esters is 2. The molecule has 1 unspecified atom stereocenters. The second kappa shape index (κ2) is 10.5. The number of rotatable bonds is 5. The molecule has 1 atom stereocenters. The normalized spacial score (nSPS) is 18.0. The average Bonchev–Trinajstić information content (AvgIpc) is 3.15. The number of nitrogens with one attached hydrogen (secondary N) is 1. The summed E-state index contributed by atoms with van der Waals surface area (Å²) in [7, 11) is 2.52. The highest BCUT2D eigenvalue weighted by Gasteiger charge is 2.30. The minimum Gasteiger partial charge on any atom is -0.465 e. The molecule has 1 fully saturated rings. The van der Waals surface area contributed by atoms with Gasteiger partial charge in [0.25, 0.3) is 0 Å². The van der Waals surface area contributed by atoms with Crippen molar-refractivity contribution < 1.29 is 28.6 Å². The summed E-state index contributed by atoms with van der Waals surface area (Å²) in [5, 5.41) is 3.44. The van der Waals surface area contributed by atoms with Gasteiger partial charge in [-0.2, -0.15) is 0 Å². The maximum Gasteiger partial charge on any atom is 0.410 e. The molecule has 1 saturated heterocycles. The largest absolute Gasteiger partial charge is 0.465 e. The number of hydrogen-bond donors (Lipinski definition) is 1. The molecule has 2 heterocycles. The van der Waals surface area contributed by atoms with Crippen LogP contribution >= 0.6 is 0 Å². The van der Waals surface area contributed by atoms with E-state index in [9.17, 15) is 14.4 Å². The van der Waals surface area contributed by atoms with Gasteiger partial charge in [-0.1, -0.05) is 6.08 Å². The van der Waals surface area contributed by atoms with Gasteiger partial charge in [-0.3, -0.25) is 0 Å². The second-order valence-electron chi connectivity index (χ2n) is 8.92. The van der Waals surface area contributed by atoms with Crippen molar-refractivity contribution in [2.75, 3.05) is 37.5 Å². The quantitative estimate of drug-likeness (QED) is 0.516. The first kappa shape index (κ1) is 24.9. The Morgan fingerprint density at radius 3 is 2.29 bits per heavy atom. The lowest BCUT2D eigenvalue weighted by molar-refractivity contribution is -0.139. The predicted molar refractivity (Wildman–Crippen MR) is 128 cm³/mol. The van der Waals surface area contributed by atoms with Crippen LogP contribution in [0.2, 0.25) is 0 Å². The third-order valence-corrected chi connectivity index (χ3v) is 5.25. The van der Waals surface area contributed by atoms with Crippen LogP contribution in [0, 0.1) is 0 Å². The Hall–Kier alpha value is -3.75. The van der Waals surface area contributed by atoms with Crippen molar-refractivity contribution in [3.63, 3.8) is 0 Å². The summed E-state index contributed by atoms with van der Waals surface area (Å²) >= 11 is 0. The molecular weight excluding hydrogens is 438 g/mol. The van der Waals surface area contributed by atoms with E-state index in [1.54, 1.807) is 28.2 Å². The van der Waals surface area contributed by atoms with Gasteiger partial charge in [0.2, 0.25) is 0 Å². The van der Waals surface area contributed by atoms with Crippen molar-refractivity contribution >= 4 is 29.4 Å². The Labute approximate surface area is 199 Å². The molecule has 2 aliphatic heterocycles. The van der Waals surface area contributed by atoms with Crippen LogP contribution in [-0.4, -0.2) is 61.9 Å². The molecule has 0 radical (unpaired) electrons. The van der Waals surface area contributed by atoms with E-state index >= 15 is 0 Å². The van der Waals surface area contributed by atoms with Crippen molar-refractivity contribution in [2.45, 2.75) is 38.8 Å². The van der Waals surface area contributed by atoms with E-state index in [1.807, 2.05) is 45.0 Å². The fourth-order valence-corrected chi connectivity index (χ4v) is 3.69. The Bertz CT molecular complexity index is 1020. The molecule has 0 aliphatic carbocycles. The third kappa shape index (κ3) is 5.98. The molecular formula is C25H31N3O6. The summed E-state index contributed by atoms with van der Waals surface area (Å²) in [5.41, 5.74) is 1.15. The van der Waals surface area contributed by atoms with Crippen molar-refractivity contribution in [3.05, 3.63) is 60.0 Å². The molecule has 2 aliphatic rings. The van der Waals surface area contributed by atoms with Crippen molar-refractivity contribution in [3.8, 4) is 0 Å². The first-order chi connectivity index (χ1) is 16.1. The van der Waals surface area contributed by atoms with E-state index in [-0.39, 0.29) is 23.4 Å². The molecule has 1 amide bonds. The summed E-state index contributed by atoms with van der Waals surface area (Å²) < 4.78 is 15.2. The molecule has 9 heteroatoms. The van der Waals surface area contributed by atoms with Crippen LogP contribution in [-0.2, 0) is 23.8 Å². The lowest BCUT2D eigenvalue weighted by Crippen LogP contribution is -2.36. The van der Waals surface area contributed by atoms with Gasteiger partial charge in [-0.25, -0.2) is 14.4 Å². The lowest BCUT2D eigenvalue weighted by Gasteiger charge is -2.25. The number of methoxy groups -OCH3 is 2. The topological polar surface area (TPSA) is 97.4 Å². The molecule has 1 N–H and O–H groups in total. The highest BCUT2D eigenvalue weighted by atomic mass is 16.6.